The highest BCUT2D eigenvalue weighted by atomic mass is 127. The Bertz CT molecular complexity index is 1840. The third-order valence-electron chi connectivity index (χ3n) is 6.86. The maximum absolute atomic E-state index is 13.9. The average Bonchev–Trinajstić information content (AvgIpc) is 3.23. The Morgan fingerprint density at radius 2 is 1.95 bits per heavy atom. The first-order valence-electron chi connectivity index (χ1n) is 11.8. The summed E-state index contributed by atoms with van der Waals surface area (Å²) >= 11 is 3.10. The third-order valence-corrected chi connectivity index (χ3v) is 8.67. The quantitative estimate of drug-likeness (QED) is 0.201. The van der Waals surface area contributed by atoms with Gasteiger partial charge in [-0.05, 0) is 82.0 Å². The number of phenols is 1. The first kappa shape index (κ1) is 24.6. The van der Waals surface area contributed by atoms with Crippen LogP contribution >= 0.6 is 33.9 Å². The van der Waals surface area contributed by atoms with E-state index in [1.54, 1.807) is 23.8 Å². The van der Waals surface area contributed by atoms with E-state index < -0.39 is 10.6 Å². The number of methoxy groups -OCH3 is 1. The van der Waals surface area contributed by atoms with Crippen molar-refractivity contribution in [3.05, 3.63) is 122 Å². The van der Waals surface area contributed by atoms with Crippen molar-refractivity contribution in [2.75, 3.05) is 7.11 Å². The summed E-state index contributed by atoms with van der Waals surface area (Å²) in [5, 5.41) is 21.5. The summed E-state index contributed by atoms with van der Waals surface area (Å²) in [6.07, 6.45) is 3.26. The van der Waals surface area contributed by atoms with Gasteiger partial charge < -0.3 is 9.84 Å². The Labute approximate surface area is 234 Å². The highest BCUT2D eigenvalue weighted by Crippen LogP contribution is 2.41. The molecule has 0 spiro atoms. The molecule has 0 unspecified atom stereocenters. The number of aromatic hydroxyl groups is 1. The van der Waals surface area contributed by atoms with E-state index >= 15 is 0 Å². The van der Waals surface area contributed by atoms with Gasteiger partial charge in [0, 0.05) is 11.6 Å². The van der Waals surface area contributed by atoms with Crippen molar-refractivity contribution in [2.24, 2.45) is 4.99 Å². The second-order valence-corrected chi connectivity index (χ2v) is 11.2. The van der Waals surface area contributed by atoms with Crippen molar-refractivity contribution in [3.63, 3.8) is 0 Å². The van der Waals surface area contributed by atoms with Gasteiger partial charge in [0.2, 0.25) is 5.75 Å². The topological polar surface area (TPSA) is 107 Å². The van der Waals surface area contributed by atoms with Crippen LogP contribution in [0.15, 0.2) is 76.0 Å². The largest absolute Gasteiger partial charge is 0.501 e. The number of fused-ring (bicyclic) bond motifs is 3. The van der Waals surface area contributed by atoms with Crippen LogP contribution in [-0.2, 0) is 6.42 Å². The van der Waals surface area contributed by atoms with Gasteiger partial charge in [-0.15, -0.1) is 0 Å². The number of halogens is 1. The van der Waals surface area contributed by atoms with E-state index in [1.165, 1.54) is 23.0 Å². The molecule has 0 bridgehead atoms. The van der Waals surface area contributed by atoms with Crippen LogP contribution in [-0.4, -0.2) is 21.7 Å². The molecule has 0 radical (unpaired) electrons. The molecule has 6 rings (SSSR count). The van der Waals surface area contributed by atoms with Crippen molar-refractivity contribution < 1.29 is 14.8 Å². The van der Waals surface area contributed by atoms with Crippen molar-refractivity contribution in [1.29, 1.82) is 0 Å². The molecule has 1 aliphatic heterocycles. The molecule has 38 heavy (non-hydrogen) atoms. The lowest BCUT2D eigenvalue weighted by Gasteiger charge is -2.30. The Hall–Kier alpha value is -3.77. The van der Waals surface area contributed by atoms with Crippen molar-refractivity contribution in [1.82, 2.24) is 4.57 Å². The number of allylic oxidation sites excluding steroid dienone is 1. The van der Waals surface area contributed by atoms with Gasteiger partial charge in [0.25, 0.3) is 5.56 Å². The minimum Gasteiger partial charge on any atom is -0.501 e. The van der Waals surface area contributed by atoms with Crippen molar-refractivity contribution in [2.45, 2.75) is 18.9 Å². The zero-order valence-electron chi connectivity index (χ0n) is 20.1. The van der Waals surface area contributed by atoms with Crippen molar-refractivity contribution in [3.8, 4) is 11.5 Å². The predicted octanol–water partition coefficient (Wildman–Crippen LogP) is 4.55. The summed E-state index contributed by atoms with van der Waals surface area (Å²) in [5.41, 5.74) is 5.08. The number of aromatic nitrogens is 1. The lowest BCUT2D eigenvalue weighted by Crippen LogP contribution is -2.38. The number of hydrogen-bond acceptors (Lipinski definition) is 7. The number of phenolic OH excluding ortho intramolecular Hbond substituents is 1. The lowest BCUT2D eigenvalue weighted by atomic mass is 9.83. The highest BCUT2D eigenvalue weighted by Gasteiger charge is 2.32. The number of thiazole rings is 1. The zero-order chi connectivity index (χ0) is 26.6. The van der Waals surface area contributed by atoms with Gasteiger partial charge in [0.1, 0.15) is 5.75 Å². The zero-order valence-corrected chi connectivity index (χ0v) is 23.0. The summed E-state index contributed by atoms with van der Waals surface area (Å²) in [4.78, 5) is 30.2. The molecule has 1 aliphatic carbocycles. The number of hydrogen-bond donors (Lipinski definition) is 1. The number of aryl methyl sites for hydroxylation is 1. The molecular weight excluding hydrogens is 617 g/mol. The van der Waals surface area contributed by atoms with Gasteiger partial charge in [0.05, 0.1) is 31.9 Å². The average molecular weight is 637 g/mol. The van der Waals surface area contributed by atoms with Gasteiger partial charge in [-0.3, -0.25) is 19.5 Å². The Morgan fingerprint density at radius 1 is 1.18 bits per heavy atom. The molecule has 2 heterocycles. The van der Waals surface area contributed by atoms with E-state index in [4.69, 9.17) is 9.73 Å². The van der Waals surface area contributed by atoms with Crippen LogP contribution < -0.4 is 19.6 Å². The SMILES string of the molecule is COc1ccc([C@H]2C3=C(N=c4s/c(=C/c5cc(I)c(O)c([N+](=O)[O-])c5)c(=O)n42)c2ccccc2CC3)cc1. The smallest absolute Gasteiger partial charge is 0.312 e. The standard InChI is InChI=1S/C28H20IN3O5S/c1-37-18-9-6-17(7-10-18)25-20-11-8-16-4-2-3-5-19(16)24(20)30-28-31(25)27(34)23(38-28)14-15-12-21(29)26(33)22(13-15)32(35)36/h2-7,9-10,12-14,25,33H,8,11H2,1H3/b23-14+/t25-/m0/s1. The Balaban J connectivity index is 1.60. The Morgan fingerprint density at radius 3 is 2.68 bits per heavy atom. The molecule has 10 heteroatoms. The summed E-state index contributed by atoms with van der Waals surface area (Å²) < 4.78 is 7.82. The maximum Gasteiger partial charge on any atom is 0.312 e. The van der Waals surface area contributed by atoms with E-state index in [9.17, 15) is 20.0 Å². The number of rotatable bonds is 4. The highest BCUT2D eigenvalue weighted by molar-refractivity contribution is 14.1. The second-order valence-electron chi connectivity index (χ2n) is 9.01. The van der Waals surface area contributed by atoms with Crippen molar-refractivity contribution >= 4 is 51.4 Å². The van der Waals surface area contributed by atoms with E-state index in [0.717, 1.165) is 41.0 Å². The summed E-state index contributed by atoms with van der Waals surface area (Å²) in [5.74, 6) is 0.341. The third kappa shape index (κ3) is 4.04. The van der Waals surface area contributed by atoms with Crippen LogP contribution in [0.25, 0.3) is 11.8 Å². The number of nitro benzene ring substituents is 1. The maximum atomic E-state index is 13.9. The molecule has 1 N–H and O–H groups in total. The second kappa shape index (κ2) is 9.52. The van der Waals surface area contributed by atoms with Crippen LogP contribution in [0.1, 0.15) is 34.7 Å². The number of nitrogens with zero attached hydrogens (tertiary/aromatic N) is 3. The fourth-order valence-corrected chi connectivity index (χ4v) is 6.72. The lowest BCUT2D eigenvalue weighted by molar-refractivity contribution is -0.386. The summed E-state index contributed by atoms with van der Waals surface area (Å²) in [6.45, 7) is 0. The van der Waals surface area contributed by atoms with Crippen LogP contribution in [0.3, 0.4) is 0 Å². The van der Waals surface area contributed by atoms with Crippen LogP contribution in [0.4, 0.5) is 5.69 Å². The molecule has 190 valence electrons. The molecule has 2 aliphatic rings. The number of ether oxygens (including phenoxy) is 1. The van der Waals surface area contributed by atoms with E-state index in [0.29, 0.717) is 18.5 Å². The molecule has 1 aromatic heterocycles. The molecule has 0 amide bonds. The molecular formula is C28H20IN3O5S. The molecule has 0 saturated heterocycles. The number of benzene rings is 3. The summed E-state index contributed by atoms with van der Waals surface area (Å²) in [7, 11) is 1.62. The molecule has 3 aromatic carbocycles. The van der Waals surface area contributed by atoms with Gasteiger partial charge in [-0.2, -0.15) is 0 Å². The fourth-order valence-electron chi connectivity index (χ4n) is 5.09. The predicted molar refractivity (Wildman–Crippen MR) is 153 cm³/mol. The minimum absolute atomic E-state index is 0.217. The first-order valence-corrected chi connectivity index (χ1v) is 13.7. The van der Waals surface area contributed by atoms with Gasteiger partial charge in [-0.1, -0.05) is 47.7 Å². The monoisotopic (exact) mass is 637 g/mol. The van der Waals surface area contributed by atoms with E-state index in [2.05, 4.69) is 12.1 Å². The van der Waals surface area contributed by atoms with E-state index in [1.807, 2.05) is 59.0 Å². The normalized spacial score (nSPS) is 16.4. The number of nitro groups is 1. The minimum atomic E-state index is -0.633. The fraction of sp³-hybridized carbons (Fsp3) is 0.143. The van der Waals surface area contributed by atoms with Gasteiger partial charge >= 0.3 is 5.69 Å². The van der Waals surface area contributed by atoms with Crippen LogP contribution in [0.2, 0.25) is 0 Å². The van der Waals surface area contributed by atoms with Crippen LogP contribution in [0, 0.1) is 13.7 Å². The molecule has 0 saturated carbocycles. The Kier molecular flexibility index (Phi) is 6.15. The molecule has 8 nitrogen and oxygen atoms in total. The first-order chi connectivity index (χ1) is 18.4. The van der Waals surface area contributed by atoms with Gasteiger partial charge in [-0.25, -0.2) is 4.99 Å². The van der Waals surface area contributed by atoms with E-state index in [-0.39, 0.29) is 17.4 Å². The van der Waals surface area contributed by atoms with Crippen LogP contribution in [0.5, 0.6) is 11.5 Å². The molecule has 0 fully saturated rings. The molecule has 1 atom stereocenters. The van der Waals surface area contributed by atoms with Gasteiger partial charge in [0.15, 0.2) is 4.80 Å². The molecule has 4 aromatic rings. The summed E-state index contributed by atoms with van der Waals surface area (Å²) in [6, 6.07) is 18.5.